The van der Waals surface area contributed by atoms with E-state index < -0.39 is 0 Å². The Morgan fingerprint density at radius 1 is 1.35 bits per heavy atom. The lowest BCUT2D eigenvalue weighted by Gasteiger charge is -2.29. The summed E-state index contributed by atoms with van der Waals surface area (Å²) in [4.78, 5) is 11.0. The maximum absolute atomic E-state index is 6.03. The Hall–Kier alpha value is -0.870. The van der Waals surface area contributed by atoms with Gasteiger partial charge in [0.25, 0.3) is 0 Å². The molecular formula is C15H22ClN3S. The number of thiophene rings is 1. The van der Waals surface area contributed by atoms with Gasteiger partial charge in [0.05, 0.1) is 5.39 Å². The van der Waals surface area contributed by atoms with E-state index >= 15 is 0 Å². The van der Waals surface area contributed by atoms with Crippen LogP contribution in [0.2, 0.25) is 5.28 Å². The fourth-order valence-electron chi connectivity index (χ4n) is 1.77. The van der Waals surface area contributed by atoms with Gasteiger partial charge in [-0.1, -0.05) is 34.6 Å². The summed E-state index contributed by atoms with van der Waals surface area (Å²) < 4.78 is 0. The zero-order chi connectivity index (χ0) is 14.9. The molecule has 0 saturated heterocycles. The quantitative estimate of drug-likeness (QED) is 0.789. The van der Waals surface area contributed by atoms with E-state index in [1.807, 2.05) is 0 Å². The van der Waals surface area contributed by atoms with Crippen molar-refractivity contribution in [3.63, 3.8) is 0 Å². The molecule has 20 heavy (non-hydrogen) atoms. The second kappa shape index (κ2) is 5.86. The first-order valence-electron chi connectivity index (χ1n) is 7.03. The van der Waals surface area contributed by atoms with Crippen LogP contribution >= 0.6 is 22.9 Å². The van der Waals surface area contributed by atoms with Gasteiger partial charge < -0.3 is 5.32 Å². The molecule has 1 N–H and O–H groups in total. The summed E-state index contributed by atoms with van der Waals surface area (Å²) in [6, 6.07) is 2.17. The molecule has 0 unspecified atom stereocenters. The third-order valence-electron chi connectivity index (χ3n) is 4.04. The molecule has 2 rings (SSSR count). The molecule has 0 bridgehead atoms. The summed E-state index contributed by atoms with van der Waals surface area (Å²) in [5, 5.41) is 4.85. The second-order valence-corrected chi connectivity index (χ2v) is 7.58. The van der Waals surface area contributed by atoms with Crippen molar-refractivity contribution in [1.82, 2.24) is 9.97 Å². The van der Waals surface area contributed by atoms with Gasteiger partial charge in [0, 0.05) is 11.4 Å². The molecule has 5 heteroatoms. The first-order valence-corrected chi connectivity index (χ1v) is 8.22. The lowest BCUT2D eigenvalue weighted by atomic mass is 9.81. The third kappa shape index (κ3) is 3.23. The first kappa shape index (κ1) is 15.5. The van der Waals surface area contributed by atoms with Gasteiger partial charge in [-0.15, -0.1) is 11.3 Å². The average molecular weight is 312 g/mol. The molecule has 0 radical (unpaired) electrons. The van der Waals surface area contributed by atoms with Crippen LogP contribution in [-0.2, 0) is 6.42 Å². The summed E-state index contributed by atoms with van der Waals surface area (Å²) in [6.07, 6.45) is 1.01. The van der Waals surface area contributed by atoms with E-state index in [2.05, 4.69) is 56.0 Å². The van der Waals surface area contributed by atoms with E-state index in [0.717, 1.165) is 29.0 Å². The Balaban J connectivity index is 2.31. The van der Waals surface area contributed by atoms with Crippen LogP contribution in [0, 0.1) is 11.3 Å². The molecule has 3 nitrogen and oxygen atoms in total. The lowest BCUT2D eigenvalue weighted by Crippen LogP contribution is -2.28. The number of halogens is 1. The molecule has 0 fully saturated rings. The highest BCUT2D eigenvalue weighted by molar-refractivity contribution is 7.18. The topological polar surface area (TPSA) is 37.8 Å². The molecule has 0 saturated carbocycles. The average Bonchev–Trinajstić information content (AvgIpc) is 2.78. The smallest absolute Gasteiger partial charge is 0.225 e. The maximum Gasteiger partial charge on any atom is 0.225 e. The number of rotatable bonds is 5. The number of aryl methyl sites for hydroxylation is 1. The van der Waals surface area contributed by atoms with Crippen LogP contribution in [0.3, 0.4) is 0 Å². The van der Waals surface area contributed by atoms with Crippen LogP contribution in [0.15, 0.2) is 6.07 Å². The van der Waals surface area contributed by atoms with Crippen molar-refractivity contribution in [2.24, 2.45) is 11.3 Å². The number of fused-ring (bicyclic) bond motifs is 1. The van der Waals surface area contributed by atoms with Crippen molar-refractivity contribution in [2.75, 3.05) is 11.9 Å². The van der Waals surface area contributed by atoms with Gasteiger partial charge in [-0.2, -0.15) is 0 Å². The van der Waals surface area contributed by atoms with Gasteiger partial charge in [0.2, 0.25) is 5.28 Å². The Bertz CT molecular complexity index is 604. The number of nitrogens with one attached hydrogen (secondary N) is 1. The Morgan fingerprint density at radius 2 is 2.05 bits per heavy atom. The molecular weight excluding hydrogens is 290 g/mol. The van der Waals surface area contributed by atoms with E-state index in [0.29, 0.717) is 11.2 Å². The number of hydrogen-bond donors (Lipinski definition) is 1. The van der Waals surface area contributed by atoms with Crippen molar-refractivity contribution in [3.8, 4) is 0 Å². The zero-order valence-electron chi connectivity index (χ0n) is 12.7. The van der Waals surface area contributed by atoms with Crippen molar-refractivity contribution in [3.05, 3.63) is 16.2 Å². The van der Waals surface area contributed by atoms with E-state index in [1.54, 1.807) is 11.3 Å². The summed E-state index contributed by atoms with van der Waals surface area (Å²) in [5.74, 6) is 1.45. The molecule has 0 aliphatic rings. The number of anilines is 1. The van der Waals surface area contributed by atoms with Gasteiger partial charge >= 0.3 is 0 Å². The fourth-order valence-corrected chi connectivity index (χ4v) is 2.96. The number of hydrogen-bond acceptors (Lipinski definition) is 4. The number of aromatic nitrogens is 2. The maximum atomic E-state index is 6.03. The largest absolute Gasteiger partial charge is 0.369 e. The summed E-state index contributed by atoms with van der Waals surface area (Å²) in [6.45, 7) is 12.0. The monoisotopic (exact) mass is 311 g/mol. The van der Waals surface area contributed by atoms with E-state index in [1.165, 1.54) is 4.88 Å². The van der Waals surface area contributed by atoms with E-state index in [9.17, 15) is 0 Å². The predicted molar refractivity (Wildman–Crippen MR) is 88.9 cm³/mol. The van der Waals surface area contributed by atoms with Crippen LogP contribution in [0.1, 0.15) is 39.5 Å². The normalized spacial score (nSPS) is 12.3. The lowest BCUT2D eigenvalue weighted by molar-refractivity contribution is 0.269. The van der Waals surface area contributed by atoms with Crippen molar-refractivity contribution in [2.45, 2.75) is 41.0 Å². The molecule has 2 aromatic heterocycles. The summed E-state index contributed by atoms with van der Waals surface area (Å²) in [5.41, 5.74) is 0.202. The Labute approximate surface area is 129 Å². The van der Waals surface area contributed by atoms with E-state index in [4.69, 9.17) is 11.6 Å². The van der Waals surface area contributed by atoms with Crippen molar-refractivity contribution in [1.29, 1.82) is 0 Å². The predicted octanol–water partition coefficient (Wildman–Crippen LogP) is 5.00. The molecule has 0 aliphatic heterocycles. The zero-order valence-corrected chi connectivity index (χ0v) is 14.3. The SMILES string of the molecule is CCc1cc2c(NCC(C)(C)C(C)C)nc(Cl)nc2s1. The molecule has 2 aromatic rings. The van der Waals surface area contributed by atoms with Gasteiger partial charge in [0.1, 0.15) is 10.6 Å². The first-order chi connectivity index (χ1) is 9.33. The van der Waals surface area contributed by atoms with Gasteiger partial charge in [-0.05, 0) is 35.4 Å². The van der Waals surface area contributed by atoms with Crippen LogP contribution in [0.4, 0.5) is 5.82 Å². The fraction of sp³-hybridized carbons (Fsp3) is 0.600. The van der Waals surface area contributed by atoms with E-state index in [-0.39, 0.29) is 5.41 Å². The highest BCUT2D eigenvalue weighted by Crippen LogP contribution is 2.32. The molecule has 0 aliphatic carbocycles. The molecule has 0 aromatic carbocycles. The van der Waals surface area contributed by atoms with Gasteiger partial charge in [-0.25, -0.2) is 9.97 Å². The van der Waals surface area contributed by atoms with Crippen LogP contribution < -0.4 is 5.32 Å². The second-order valence-electron chi connectivity index (χ2n) is 6.12. The number of nitrogens with zero attached hydrogens (tertiary/aromatic N) is 2. The minimum atomic E-state index is 0.202. The van der Waals surface area contributed by atoms with Crippen LogP contribution in [0.5, 0.6) is 0 Å². The van der Waals surface area contributed by atoms with Crippen molar-refractivity contribution < 1.29 is 0 Å². The molecule has 0 amide bonds. The van der Waals surface area contributed by atoms with Crippen LogP contribution in [-0.4, -0.2) is 16.5 Å². The third-order valence-corrected chi connectivity index (χ3v) is 5.38. The summed E-state index contributed by atoms with van der Waals surface area (Å²) >= 11 is 7.72. The van der Waals surface area contributed by atoms with Crippen LogP contribution in [0.25, 0.3) is 10.2 Å². The highest BCUT2D eigenvalue weighted by atomic mass is 35.5. The summed E-state index contributed by atoms with van der Waals surface area (Å²) in [7, 11) is 0. The molecule has 0 atom stereocenters. The highest BCUT2D eigenvalue weighted by Gasteiger charge is 2.22. The van der Waals surface area contributed by atoms with Crippen molar-refractivity contribution >= 4 is 39.0 Å². The Kier molecular flexibility index (Phi) is 4.55. The van der Waals surface area contributed by atoms with Gasteiger partial charge in [-0.3, -0.25) is 0 Å². The molecule has 2 heterocycles. The standard InChI is InChI=1S/C15H22ClN3S/c1-6-10-7-11-12(17-8-15(4,5)9(2)3)18-14(16)19-13(11)20-10/h7,9H,6,8H2,1-5H3,(H,17,18,19). The minimum Gasteiger partial charge on any atom is -0.369 e. The molecule has 0 spiro atoms. The minimum absolute atomic E-state index is 0.202. The Morgan fingerprint density at radius 3 is 2.65 bits per heavy atom. The molecule has 110 valence electrons. The van der Waals surface area contributed by atoms with Gasteiger partial charge in [0.15, 0.2) is 0 Å².